The Hall–Kier alpha value is -3.28. The van der Waals surface area contributed by atoms with Crippen molar-refractivity contribution in [1.82, 2.24) is 10.1 Å². The van der Waals surface area contributed by atoms with Gasteiger partial charge in [0.2, 0.25) is 5.91 Å². The lowest BCUT2D eigenvalue weighted by Gasteiger charge is -2.21. The summed E-state index contributed by atoms with van der Waals surface area (Å²) < 4.78 is 16.3. The van der Waals surface area contributed by atoms with E-state index in [4.69, 9.17) is 14.0 Å². The van der Waals surface area contributed by atoms with Gasteiger partial charge in [0.05, 0.1) is 26.3 Å². The maximum atomic E-state index is 12.8. The van der Waals surface area contributed by atoms with Crippen LogP contribution < -0.4 is 9.47 Å². The van der Waals surface area contributed by atoms with E-state index in [2.05, 4.69) is 5.16 Å². The third kappa shape index (κ3) is 4.42. The normalized spacial score (nSPS) is 13.2. The topological polar surface area (TPSA) is 64.8 Å². The minimum atomic E-state index is 0.142. The van der Waals surface area contributed by atoms with E-state index in [-0.39, 0.29) is 11.8 Å². The van der Waals surface area contributed by atoms with Crippen LogP contribution in [0.15, 0.2) is 59.1 Å². The molecule has 6 nitrogen and oxygen atoms in total. The lowest BCUT2D eigenvalue weighted by atomic mass is 10.1. The van der Waals surface area contributed by atoms with Gasteiger partial charge in [-0.1, -0.05) is 35.5 Å². The standard InChI is InChI=1S/C23H24N2O4/c1-27-19-10-11-21(28-2)20(13-19)22-12-18(24-29-22)15-25(23(26)17-8-9-17)14-16-6-4-3-5-7-16/h3-7,10-13,17H,8-9,14-15H2,1-2H3. The summed E-state index contributed by atoms with van der Waals surface area (Å²) >= 11 is 0. The fraction of sp³-hybridized carbons (Fsp3) is 0.304. The van der Waals surface area contributed by atoms with Crippen molar-refractivity contribution in [2.24, 2.45) is 5.92 Å². The lowest BCUT2D eigenvalue weighted by molar-refractivity contribution is -0.133. The predicted octanol–water partition coefficient (Wildman–Crippen LogP) is 4.30. The van der Waals surface area contributed by atoms with Gasteiger partial charge in [-0.15, -0.1) is 0 Å². The fourth-order valence-corrected chi connectivity index (χ4v) is 3.32. The molecule has 2 aromatic carbocycles. The van der Waals surface area contributed by atoms with E-state index < -0.39 is 0 Å². The molecule has 1 heterocycles. The Bertz CT molecular complexity index is 980. The molecular weight excluding hydrogens is 368 g/mol. The van der Waals surface area contributed by atoms with E-state index in [9.17, 15) is 4.79 Å². The molecule has 0 bridgehead atoms. The Kier molecular flexibility index (Phi) is 5.51. The molecule has 0 N–H and O–H groups in total. The quantitative estimate of drug-likeness (QED) is 0.572. The van der Waals surface area contributed by atoms with Crippen molar-refractivity contribution < 1.29 is 18.8 Å². The second kappa shape index (κ2) is 8.39. The number of methoxy groups -OCH3 is 2. The number of rotatable bonds is 8. The summed E-state index contributed by atoms with van der Waals surface area (Å²) in [5, 5.41) is 4.20. The zero-order valence-electron chi connectivity index (χ0n) is 16.6. The Morgan fingerprint density at radius 3 is 2.55 bits per heavy atom. The van der Waals surface area contributed by atoms with Gasteiger partial charge in [0.15, 0.2) is 5.76 Å². The van der Waals surface area contributed by atoms with Crippen LogP contribution in [0.5, 0.6) is 11.5 Å². The Balaban J connectivity index is 1.57. The SMILES string of the molecule is COc1ccc(OC)c(-c2cc(CN(Cc3ccccc3)C(=O)C3CC3)no2)c1. The summed E-state index contributed by atoms with van der Waals surface area (Å²) in [7, 11) is 3.22. The van der Waals surface area contributed by atoms with E-state index in [0.717, 1.165) is 24.0 Å². The summed E-state index contributed by atoms with van der Waals surface area (Å²) in [5.74, 6) is 2.27. The van der Waals surface area contributed by atoms with Crippen LogP contribution >= 0.6 is 0 Å². The molecule has 1 aliphatic rings. The van der Waals surface area contributed by atoms with Crippen molar-refractivity contribution in [2.45, 2.75) is 25.9 Å². The van der Waals surface area contributed by atoms with Crippen LogP contribution in [0.1, 0.15) is 24.1 Å². The molecule has 0 aliphatic heterocycles. The van der Waals surface area contributed by atoms with Crippen LogP contribution in [0.3, 0.4) is 0 Å². The highest BCUT2D eigenvalue weighted by atomic mass is 16.5. The number of carbonyl (C=O) groups is 1. The number of benzene rings is 2. The van der Waals surface area contributed by atoms with Crippen LogP contribution in [0.2, 0.25) is 0 Å². The van der Waals surface area contributed by atoms with Crippen molar-refractivity contribution in [1.29, 1.82) is 0 Å². The largest absolute Gasteiger partial charge is 0.497 e. The predicted molar refractivity (Wildman–Crippen MR) is 108 cm³/mol. The van der Waals surface area contributed by atoms with Gasteiger partial charge >= 0.3 is 0 Å². The highest BCUT2D eigenvalue weighted by molar-refractivity contribution is 5.81. The molecular formula is C23H24N2O4. The van der Waals surface area contributed by atoms with Gasteiger partial charge < -0.3 is 18.9 Å². The van der Waals surface area contributed by atoms with Gasteiger partial charge in [0.25, 0.3) is 0 Å². The van der Waals surface area contributed by atoms with E-state index >= 15 is 0 Å². The third-order valence-corrected chi connectivity index (χ3v) is 5.04. The van der Waals surface area contributed by atoms with Crippen molar-refractivity contribution in [3.05, 3.63) is 65.9 Å². The van der Waals surface area contributed by atoms with E-state index in [0.29, 0.717) is 36.0 Å². The average molecular weight is 392 g/mol. The van der Waals surface area contributed by atoms with Gasteiger partial charge in [-0.25, -0.2) is 0 Å². The van der Waals surface area contributed by atoms with Crippen LogP contribution in [-0.2, 0) is 17.9 Å². The zero-order valence-corrected chi connectivity index (χ0v) is 16.6. The fourth-order valence-electron chi connectivity index (χ4n) is 3.32. The smallest absolute Gasteiger partial charge is 0.226 e. The lowest BCUT2D eigenvalue weighted by Crippen LogP contribution is -2.31. The van der Waals surface area contributed by atoms with Crippen LogP contribution in [0.25, 0.3) is 11.3 Å². The van der Waals surface area contributed by atoms with Crippen LogP contribution in [0.4, 0.5) is 0 Å². The van der Waals surface area contributed by atoms with Gasteiger partial charge in [-0.3, -0.25) is 4.79 Å². The van der Waals surface area contributed by atoms with Crippen molar-refractivity contribution in [3.8, 4) is 22.8 Å². The molecule has 0 saturated heterocycles. The molecule has 0 atom stereocenters. The van der Waals surface area contributed by atoms with Gasteiger partial charge in [-0.2, -0.15) is 0 Å². The van der Waals surface area contributed by atoms with Crippen molar-refractivity contribution in [2.75, 3.05) is 14.2 Å². The van der Waals surface area contributed by atoms with Crippen LogP contribution in [0, 0.1) is 5.92 Å². The number of aromatic nitrogens is 1. The summed E-state index contributed by atoms with van der Waals surface area (Å²) in [6, 6.07) is 17.4. The summed E-state index contributed by atoms with van der Waals surface area (Å²) in [6.07, 6.45) is 1.93. The molecule has 6 heteroatoms. The highest BCUT2D eigenvalue weighted by Gasteiger charge is 2.33. The van der Waals surface area contributed by atoms with Gasteiger partial charge in [-0.05, 0) is 36.6 Å². The Morgan fingerprint density at radius 1 is 1.07 bits per heavy atom. The first kappa shape index (κ1) is 19.1. The van der Waals surface area contributed by atoms with E-state index in [1.807, 2.05) is 59.5 Å². The number of amides is 1. The summed E-state index contributed by atoms with van der Waals surface area (Å²) in [6.45, 7) is 0.959. The molecule has 1 fully saturated rings. The van der Waals surface area contributed by atoms with Gasteiger partial charge in [0, 0.05) is 18.5 Å². The van der Waals surface area contributed by atoms with Crippen LogP contribution in [-0.4, -0.2) is 30.2 Å². The maximum absolute atomic E-state index is 12.8. The number of ether oxygens (including phenoxy) is 2. The number of hydrogen-bond acceptors (Lipinski definition) is 5. The first-order valence-electron chi connectivity index (χ1n) is 9.68. The second-order valence-corrected chi connectivity index (χ2v) is 7.20. The summed E-state index contributed by atoms with van der Waals surface area (Å²) in [4.78, 5) is 14.7. The highest BCUT2D eigenvalue weighted by Crippen LogP contribution is 2.35. The molecule has 0 radical (unpaired) electrons. The van der Waals surface area contributed by atoms with E-state index in [1.54, 1.807) is 14.2 Å². The van der Waals surface area contributed by atoms with Crippen molar-refractivity contribution in [3.63, 3.8) is 0 Å². The minimum Gasteiger partial charge on any atom is -0.497 e. The molecule has 3 aromatic rings. The Morgan fingerprint density at radius 2 is 1.86 bits per heavy atom. The average Bonchev–Trinajstić information content (AvgIpc) is 3.51. The van der Waals surface area contributed by atoms with Crippen molar-refractivity contribution >= 4 is 5.91 Å². The zero-order chi connectivity index (χ0) is 20.2. The first-order valence-corrected chi connectivity index (χ1v) is 9.68. The van der Waals surface area contributed by atoms with Gasteiger partial charge in [0.1, 0.15) is 17.2 Å². The first-order chi connectivity index (χ1) is 14.2. The third-order valence-electron chi connectivity index (χ3n) is 5.04. The number of hydrogen-bond donors (Lipinski definition) is 0. The number of nitrogens with zero attached hydrogens (tertiary/aromatic N) is 2. The van der Waals surface area contributed by atoms with E-state index in [1.165, 1.54) is 0 Å². The molecule has 0 unspecified atom stereocenters. The second-order valence-electron chi connectivity index (χ2n) is 7.20. The molecule has 1 amide bonds. The molecule has 0 spiro atoms. The minimum absolute atomic E-state index is 0.142. The summed E-state index contributed by atoms with van der Waals surface area (Å²) in [5.41, 5.74) is 2.56. The molecule has 150 valence electrons. The monoisotopic (exact) mass is 392 g/mol. The maximum Gasteiger partial charge on any atom is 0.226 e. The Labute approximate surface area is 170 Å². The molecule has 1 aliphatic carbocycles. The molecule has 4 rings (SSSR count). The molecule has 1 aromatic heterocycles. The molecule has 1 saturated carbocycles. The molecule has 29 heavy (non-hydrogen) atoms. The number of carbonyl (C=O) groups excluding carboxylic acids is 1.